The maximum atomic E-state index is 12.0. The number of ether oxygens (including phenoxy) is 1. The van der Waals surface area contributed by atoms with Gasteiger partial charge in [0.15, 0.2) is 6.29 Å². The zero-order valence-electron chi connectivity index (χ0n) is 5.83. The van der Waals surface area contributed by atoms with E-state index in [1.807, 2.05) is 0 Å². The van der Waals surface area contributed by atoms with Crippen molar-refractivity contribution in [3.05, 3.63) is 0 Å². The molecular formula is C6H9FO3. The van der Waals surface area contributed by atoms with Crippen LogP contribution in [0.3, 0.4) is 0 Å². The first-order valence-corrected chi connectivity index (χ1v) is 2.87. The van der Waals surface area contributed by atoms with Gasteiger partial charge in [-0.15, -0.1) is 0 Å². The van der Waals surface area contributed by atoms with Crippen molar-refractivity contribution in [2.45, 2.75) is 26.1 Å². The maximum absolute atomic E-state index is 12.0. The van der Waals surface area contributed by atoms with Crippen molar-refractivity contribution in [3.8, 4) is 0 Å². The van der Waals surface area contributed by atoms with Gasteiger partial charge in [0, 0.05) is 0 Å². The Morgan fingerprint density at radius 3 is 2.40 bits per heavy atom. The smallest absolute Gasteiger partial charge is 0.348 e. The Morgan fingerprint density at radius 1 is 1.60 bits per heavy atom. The molecule has 0 aliphatic heterocycles. The highest BCUT2D eigenvalue weighted by atomic mass is 19.1. The van der Waals surface area contributed by atoms with E-state index in [0.717, 1.165) is 0 Å². The number of aldehydes is 1. The number of carbonyl (C=O) groups excluding carboxylic acids is 2. The van der Waals surface area contributed by atoms with Crippen molar-refractivity contribution in [1.29, 1.82) is 0 Å². The summed E-state index contributed by atoms with van der Waals surface area (Å²) in [5.41, 5.74) is 0. The average Bonchev–Trinajstić information content (AvgIpc) is 1.85. The van der Waals surface area contributed by atoms with Crippen LogP contribution in [0.4, 0.5) is 4.39 Å². The Hall–Kier alpha value is -0.930. The van der Waals surface area contributed by atoms with Crippen molar-refractivity contribution in [2.24, 2.45) is 0 Å². The molecule has 0 aromatic carbocycles. The molecule has 58 valence electrons. The number of halogens is 1. The summed E-state index contributed by atoms with van der Waals surface area (Å²) >= 11 is 0. The molecule has 0 aromatic rings. The molecule has 0 saturated carbocycles. The van der Waals surface area contributed by atoms with E-state index in [9.17, 15) is 14.0 Å². The summed E-state index contributed by atoms with van der Waals surface area (Å²) in [5, 5.41) is 0. The first-order chi connectivity index (χ1) is 4.57. The van der Waals surface area contributed by atoms with Crippen molar-refractivity contribution >= 4 is 12.3 Å². The maximum Gasteiger partial charge on any atom is 0.348 e. The highest BCUT2D eigenvalue weighted by molar-refractivity contribution is 5.90. The van der Waals surface area contributed by atoms with Crippen LogP contribution in [0.15, 0.2) is 0 Å². The number of hydrogen-bond donors (Lipinski definition) is 0. The van der Waals surface area contributed by atoms with E-state index in [2.05, 4.69) is 4.74 Å². The standard InChI is InChI=1S/C6H9FO3/c1-4(2)10-6(9)5(7)3-8/h3-5H,1-2H3. The van der Waals surface area contributed by atoms with Crippen LogP contribution in [0.1, 0.15) is 13.8 Å². The Morgan fingerprint density at radius 2 is 2.10 bits per heavy atom. The molecule has 0 rings (SSSR count). The predicted molar refractivity (Wildman–Crippen MR) is 32.2 cm³/mol. The highest BCUT2D eigenvalue weighted by Gasteiger charge is 2.18. The predicted octanol–water partition coefficient (Wildman–Crippen LogP) is 0.475. The summed E-state index contributed by atoms with van der Waals surface area (Å²) in [6, 6.07) is 0. The van der Waals surface area contributed by atoms with Gasteiger partial charge < -0.3 is 4.74 Å². The fourth-order valence-corrected chi connectivity index (χ4v) is 0.353. The summed E-state index contributed by atoms with van der Waals surface area (Å²) in [5.74, 6) is -1.12. The quantitative estimate of drug-likeness (QED) is 0.332. The second-order valence-corrected chi connectivity index (χ2v) is 2.02. The molecule has 0 N–H and O–H groups in total. The average molecular weight is 148 g/mol. The fraction of sp³-hybridized carbons (Fsp3) is 0.667. The van der Waals surface area contributed by atoms with Gasteiger partial charge in [-0.2, -0.15) is 0 Å². The zero-order chi connectivity index (χ0) is 8.15. The van der Waals surface area contributed by atoms with E-state index in [1.54, 1.807) is 13.8 Å². The van der Waals surface area contributed by atoms with Crippen LogP contribution >= 0.6 is 0 Å². The lowest BCUT2D eigenvalue weighted by molar-refractivity contribution is -0.154. The number of esters is 1. The Kier molecular flexibility index (Phi) is 3.61. The fourth-order valence-electron chi connectivity index (χ4n) is 0.353. The zero-order valence-corrected chi connectivity index (χ0v) is 5.83. The van der Waals surface area contributed by atoms with E-state index in [-0.39, 0.29) is 12.4 Å². The van der Waals surface area contributed by atoms with Crippen molar-refractivity contribution in [3.63, 3.8) is 0 Å². The monoisotopic (exact) mass is 148 g/mol. The minimum absolute atomic E-state index is 0.0925. The van der Waals surface area contributed by atoms with Gasteiger partial charge in [-0.05, 0) is 13.8 Å². The van der Waals surface area contributed by atoms with Crippen LogP contribution in [0, 0.1) is 0 Å². The Balaban J connectivity index is 3.73. The molecule has 0 aromatic heterocycles. The number of carbonyl (C=O) groups is 2. The third-order valence-electron chi connectivity index (χ3n) is 0.697. The van der Waals surface area contributed by atoms with Crippen LogP contribution in [0.5, 0.6) is 0 Å². The third kappa shape index (κ3) is 3.17. The molecule has 3 nitrogen and oxygen atoms in total. The van der Waals surface area contributed by atoms with Crippen molar-refractivity contribution in [1.82, 2.24) is 0 Å². The minimum Gasteiger partial charge on any atom is -0.460 e. The van der Waals surface area contributed by atoms with E-state index in [0.29, 0.717) is 0 Å². The van der Waals surface area contributed by atoms with Crippen LogP contribution in [0.25, 0.3) is 0 Å². The minimum atomic E-state index is -2.14. The highest BCUT2D eigenvalue weighted by Crippen LogP contribution is 1.95. The topological polar surface area (TPSA) is 43.4 Å². The summed E-state index contributed by atoms with van der Waals surface area (Å²) in [4.78, 5) is 20.0. The van der Waals surface area contributed by atoms with Crippen molar-refractivity contribution < 1.29 is 18.7 Å². The Labute approximate surface area is 58.2 Å². The first-order valence-electron chi connectivity index (χ1n) is 2.87. The van der Waals surface area contributed by atoms with Gasteiger partial charge in [0.25, 0.3) is 6.17 Å². The molecule has 0 amide bonds. The molecule has 0 aliphatic rings. The van der Waals surface area contributed by atoms with Gasteiger partial charge in [-0.25, -0.2) is 9.18 Å². The first kappa shape index (κ1) is 9.07. The largest absolute Gasteiger partial charge is 0.460 e. The normalized spacial score (nSPS) is 12.8. The van der Waals surface area contributed by atoms with Crippen LogP contribution < -0.4 is 0 Å². The second-order valence-electron chi connectivity index (χ2n) is 2.02. The molecule has 0 fully saturated rings. The van der Waals surface area contributed by atoms with E-state index in [4.69, 9.17) is 0 Å². The molecule has 1 unspecified atom stereocenters. The van der Waals surface area contributed by atoms with Gasteiger partial charge in [0.2, 0.25) is 0 Å². The molecule has 0 spiro atoms. The van der Waals surface area contributed by atoms with E-state index in [1.165, 1.54) is 0 Å². The molecule has 0 aliphatic carbocycles. The van der Waals surface area contributed by atoms with Gasteiger partial charge in [-0.1, -0.05) is 0 Å². The molecule has 0 radical (unpaired) electrons. The molecule has 0 bridgehead atoms. The van der Waals surface area contributed by atoms with Crippen molar-refractivity contribution in [2.75, 3.05) is 0 Å². The number of alkyl halides is 1. The Bertz CT molecular complexity index is 133. The third-order valence-corrected chi connectivity index (χ3v) is 0.697. The molecule has 1 atom stereocenters. The van der Waals surface area contributed by atoms with E-state index >= 15 is 0 Å². The molecule has 0 heterocycles. The lowest BCUT2D eigenvalue weighted by Crippen LogP contribution is -2.23. The summed E-state index contributed by atoms with van der Waals surface area (Å²) in [6.07, 6.45) is -2.61. The van der Waals surface area contributed by atoms with Crippen LogP contribution in [-0.2, 0) is 14.3 Å². The van der Waals surface area contributed by atoms with Gasteiger partial charge in [0.05, 0.1) is 6.10 Å². The van der Waals surface area contributed by atoms with Gasteiger partial charge >= 0.3 is 5.97 Å². The number of rotatable bonds is 3. The summed E-state index contributed by atoms with van der Waals surface area (Å²) in [6.45, 7) is 3.16. The summed E-state index contributed by atoms with van der Waals surface area (Å²) in [7, 11) is 0. The number of hydrogen-bond acceptors (Lipinski definition) is 3. The lowest BCUT2D eigenvalue weighted by atomic mass is 10.4. The molecular weight excluding hydrogens is 139 g/mol. The van der Waals surface area contributed by atoms with Gasteiger partial charge in [-0.3, -0.25) is 4.79 Å². The molecule has 4 heteroatoms. The SMILES string of the molecule is CC(C)OC(=O)C(F)C=O. The summed E-state index contributed by atoms with van der Waals surface area (Å²) < 4.78 is 16.4. The van der Waals surface area contributed by atoms with Crippen LogP contribution in [0.2, 0.25) is 0 Å². The van der Waals surface area contributed by atoms with E-state index < -0.39 is 12.1 Å². The molecule has 10 heavy (non-hydrogen) atoms. The lowest BCUT2D eigenvalue weighted by Gasteiger charge is -2.06. The second kappa shape index (κ2) is 3.98. The van der Waals surface area contributed by atoms with Crippen LogP contribution in [-0.4, -0.2) is 24.5 Å². The van der Waals surface area contributed by atoms with Gasteiger partial charge in [0.1, 0.15) is 0 Å². The molecule has 0 saturated heterocycles.